The Morgan fingerprint density at radius 3 is 2.46 bits per heavy atom. The molecule has 5 heteroatoms. The van der Waals surface area contributed by atoms with Crippen molar-refractivity contribution >= 4 is 5.82 Å². The molecule has 0 unspecified atom stereocenters. The van der Waals surface area contributed by atoms with Gasteiger partial charge in [-0.05, 0) is 29.8 Å². The normalized spacial score (nSPS) is 10.7. The van der Waals surface area contributed by atoms with E-state index >= 15 is 0 Å². The van der Waals surface area contributed by atoms with Gasteiger partial charge in [-0.2, -0.15) is 0 Å². The summed E-state index contributed by atoms with van der Waals surface area (Å²) in [6.45, 7) is 1.33. The van der Waals surface area contributed by atoms with Crippen molar-refractivity contribution in [1.82, 2.24) is 9.97 Å². The smallest absolute Gasteiger partial charge is 0.145 e. The van der Waals surface area contributed by atoms with Gasteiger partial charge in [0.1, 0.15) is 11.6 Å². The first-order valence-electron chi connectivity index (χ1n) is 8.64. The summed E-state index contributed by atoms with van der Waals surface area (Å²) in [6, 6.07) is 18.0. The van der Waals surface area contributed by atoms with Gasteiger partial charge in [-0.25, -0.2) is 9.97 Å². The van der Waals surface area contributed by atoms with E-state index in [9.17, 15) is 0 Å². The zero-order valence-corrected chi connectivity index (χ0v) is 14.9. The van der Waals surface area contributed by atoms with Crippen LogP contribution in [0, 0.1) is 0 Å². The molecule has 3 aromatic rings. The predicted octanol–water partition coefficient (Wildman–Crippen LogP) is 3.73. The molecule has 0 amide bonds. The van der Waals surface area contributed by atoms with E-state index in [1.54, 1.807) is 13.3 Å². The van der Waals surface area contributed by atoms with Crippen molar-refractivity contribution in [3.63, 3.8) is 0 Å². The fraction of sp³-hybridized carbons (Fsp3) is 0.238. The molecule has 0 bridgehead atoms. The van der Waals surface area contributed by atoms with E-state index < -0.39 is 0 Å². The number of hydrogen-bond acceptors (Lipinski definition) is 5. The van der Waals surface area contributed by atoms with E-state index in [4.69, 9.17) is 20.2 Å². The number of ether oxygens (including phenoxy) is 2. The van der Waals surface area contributed by atoms with Crippen LogP contribution >= 0.6 is 0 Å². The van der Waals surface area contributed by atoms with Gasteiger partial charge in [0.2, 0.25) is 0 Å². The Kier molecular flexibility index (Phi) is 6.17. The van der Waals surface area contributed by atoms with Crippen LogP contribution in [0.2, 0.25) is 0 Å². The summed E-state index contributed by atoms with van der Waals surface area (Å²) >= 11 is 0. The summed E-state index contributed by atoms with van der Waals surface area (Å²) in [6.07, 6.45) is 3.23. The SMILES string of the molecule is COCCCOc1ccc(-c2cnc(N)c(Cc3ccccc3)n2)cc1. The zero-order valence-electron chi connectivity index (χ0n) is 14.9. The Morgan fingerprint density at radius 2 is 1.73 bits per heavy atom. The molecule has 26 heavy (non-hydrogen) atoms. The summed E-state index contributed by atoms with van der Waals surface area (Å²) in [5.41, 5.74) is 9.74. The molecule has 3 rings (SSSR count). The predicted molar refractivity (Wildman–Crippen MR) is 103 cm³/mol. The third-order valence-corrected chi connectivity index (χ3v) is 4.00. The first kappa shape index (κ1) is 17.9. The summed E-state index contributed by atoms with van der Waals surface area (Å²) in [5, 5.41) is 0. The van der Waals surface area contributed by atoms with Crippen LogP contribution in [-0.2, 0) is 11.2 Å². The molecular weight excluding hydrogens is 326 g/mol. The quantitative estimate of drug-likeness (QED) is 0.628. The Bertz CT molecular complexity index is 820. The van der Waals surface area contributed by atoms with Crippen molar-refractivity contribution < 1.29 is 9.47 Å². The van der Waals surface area contributed by atoms with Crippen molar-refractivity contribution in [3.05, 3.63) is 72.1 Å². The highest BCUT2D eigenvalue weighted by Gasteiger charge is 2.08. The first-order chi connectivity index (χ1) is 12.8. The van der Waals surface area contributed by atoms with Crippen LogP contribution in [0.5, 0.6) is 5.75 Å². The summed E-state index contributed by atoms with van der Waals surface area (Å²) in [7, 11) is 1.69. The largest absolute Gasteiger partial charge is 0.494 e. The molecule has 0 aliphatic heterocycles. The number of aromatic nitrogens is 2. The van der Waals surface area contributed by atoms with Crippen molar-refractivity contribution in [1.29, 1.82) is 0 Å². The van der Waals surface area contributed by atoms with Crippen LogP contribution < -0.4 is 10.5 Å². The van der Waals surface area contributed by atoms with E-state index in [-0.39, 0.29) is 0 Å². The lowest BCUT2D eigenvalue weighted by Gasteiger charge is -2.09. The Balaban J connectivity index is 1.72. The minimum atomic E-state index is 0.468. The number of nitrogen functional groups attached to an aromatic ring is 1. The molecule has 1 aromatic heterocycles. The number of hydrogen-bond donors (Lipinski definition) is 1. The monoisotopic (exact) mass is 349 g/mol. The summed E-state index contributed by atoms with van der Waals surface area (Å²) in [5.74, 6) is 1.30. The maximum absolute atomic E-state index is 6.02. The Labute approximate surface area is 153 Å². The number of benzene rings is 2. The van der Waals surface area contributed by atoms with Crippen molar-refractivity contribution in [2.24, 2.45) is 0 Å². The highest BCUT2D eigenvalue weighted by Crippen LogP contribution is 2.23. The second-order valence-corrected chi connectivity index (χ2v) is 5.97. The van der Waals surface area contributed by atoms with Crippen molar-refractivity contribution in [2.45, 2.75) is 12.8 Å². The Morgan fingerprint density at radius 1 is 0.962 bits per heavy atom. The van der Waals surface area contributed by atoms with E-state index in [0.29, 0.717) is 25.5 Å². The van der Waals surface area contributed by atoms with Crippen molar-refractivity contribution in [2.75, 3.05) is 26.1 Å². The van der Waals surface area contributed by atoms with Crippen LogP contribution in [0.4, 0.5) is 5.82 Å². The van der Waals surface area contributed by atoms with Crippen LogP contribution in [0.3, 0.4) is 0 Å². The van der Waals surface area contributed by atoms with Crippen molar-refractivity contribution in [3.8, 4) is 17.0 Å². The first-order valence-corrected chi connectivity index (χ1v) is 8.64. The fourth-order valence-electron chi connectivity index (χ4n) is 2.61. The van der Waals surface area contributed by atoms with Gasteiger partial charge in [-0.3, -0.25) is 0 Å². The molecule has 0 radical (unpaired) electrons. The van der Waals surface area contributed by atoms with E-state index in [0.717, 1.165) is 34.7 Å². The van der Waals surface area contributed by atoms with Gasteiger partial charge >= 0.3 is 0 Å². The maximum Gasteiger partial charge on any atom is 0.145 e. The maximum atomic E-state index is 6.02. The Hall–Kier alpha value is -2.92. The van der Waals surface area contributed by atoms with E-state index in [1.165, 1.54) is 0 Å². The molecule has 2 aromatic carbocycles. The molecule has 1 heterocycles. The molecular formula is C21H23N3O2. The highest BCUT2D eigenvalue weighted by molar-refractivity contribution is 5.60. The minimum absolute atomic E-state index is 0.468. The number of rotatable bonds is 8. The van der Waals surface area contributed by atoms with E-state index in [2.05, 4.69) is 17.1 Å². The molecule has 0 saturated carbocycles. The lowest BCUT2D eigenvalue weighted by molar-refractivity contribution is 0.172. The second kappa shape index (κ2) is 8.97. The highest BCUT2D eigenvalue weighted by atomic mass is 16.5. The van der Waals surface area contributed by atoms with Gasteiger partial charge in [-0.1, -0.05) is 30.3 Å². The standard InChI is InChI=1S/C21H23N3O2/c1-25-12-5-13-26-18-10-8-17(9-11-18)20-15-23-21(22)19(24-20)14-16-6-3-2-4-7-16/h2-4,6-11,15H,5,12-14H2,1H3,(H2,22,23). The summed E-state index contributed by atoms with van der Waals surface area (Å²) < 4.78 is 10.7. The lowest BCUT2D eigenvalue weighted by Crippen LogP contribution is -2.03. The molecule has 0 atom stereocenters. The second-order valence-electron chi connectivity index (χ2n) is 5.97. The molecule has 0 fully saturated rings. The van der Waals surface area contributed by atoms with Crippen LogP contribution in [0.15, 0.2) is 60.8 Å². The minimum Gasteiger partial charge on any atom is -0.494 e. The summed E-state index contributed by atoms with van der Waals surface area (Å²) in [4.78, 5) is 9.02. The molecule has 0 spiro atoms. The van der Waals surface area contributed by atoms with Crippen LogP contribution in [-0.4, -0.2) is 30.3 Å². The molecule has 2 N–H and O–H groups in total. The van der Waals surface area contributed by atoms with Gasteiger partial charge < -0.3 is 15.2 Å². The number of nitrogens with two attached hydrogens (primary N) is 1. The van der Waals surface area contributed by atoms with E-state index in [1.807, 2.05) is 42.5 Å². The van der Waals surface area contributed by atoms with Crippen LogP contribution in [0.25, 0.3) is 11.3 Å². The van der Waals surface area contributed by atoms with Gasteiger partial charge in [0.25, 0.3) is 0 Å². The van der Waals surface area contributed by atoms with Gasteiger partial charge in [0, 0.05) is 32.1 Å². The molecule has 0 aliphatic rings. The van der Waals surface area contributed by atoms with Crippen LogP contribution in [0.1, 0.15) is 17.7 Å². The molecule has 0 aliphatic carbocycles. The topological polar surface area (TPSA) is 70.3 Å². The zero-order chi connectivity index (χ0) is 18.2. The molecule has 5 nitrogen and oxygen atoms in total. The third kappa shape index (κ3) is 4.80. The number of methoxy groups -OCH3 is 1. The number of anilines is 1. The lowest BCUT2D eigenvalue weighted by atomic mass is 10.1. The third-order valence-electron chi connectivity index (χ3n) is 4.00. The van der Waals surface area contributed by atoms with Gasteiger partial charge in [0.15, 0.2) is 0 Å². The van der Waals surface area contributed by atoms with Gasteiger partial charge in [0.05, 0.1) is 24.2 Å². The molecule has 0 saturated heterocycles. The fourth-order valence-corrected chi connectivity index (χ4v) is 2.61. The van der Waals surface area contributed by atoms with Gasteiger partial charge in [-0.15, -0.1) is 0 Å². The molecule has 134 valence electrons. The average Bonchev–Trinajstić information content (AvgIpc) is 2.68. The number of nitrogens with zero attached hydrogens (tertiary/aromatic N) is 2. The average molecular weight is 349 g/mol.